The summed E-state index contributed by atoms with van der Waals surface area (Å²) in [6.45, 7) is 5.12. The molecule has 0 amide bonds. The van der Waals surface area contributed by atoms with Crippen molar-refractivity contribution in [3.63, 3.8) is 0 Å². The van der Waals surface area contributed by atoms with Gasteiger partial charge in [0.2, 0.25) is 0 Å². The molecular formula is C24H29F3O2. The maximum atomic E-state index is 14.8. The molecule has 2 aromatic rings. The molecule has 2 nitrogen and oxygen atoms in total. The molecule has 3 rings (SSSR count). The summed E-state index contributed by atoms with van der Waals surface area (Å²) < 4.78 is 55.5. The Morgan fingerprint density at radius 2 is 1.76 bits per heavy atom. The van der Waals surface area contributed by atoms with Crippen molar-refractivity contribution >= 4 is 0 Å². The Balaban J connectivity index is 1.69. The topological polar surface area (TPSA) is 18.5 Å². The van der Waals surface area contributed by atoms with Gasteiger partial charge in [0, 0.05) is 23.3 Å². The van der Waals surface area contributed by atoms with Gasteiger partial charge in [-0.05, 0) is 37.3 Å². The third kappa shape index (κ3) is 5.20. The van der Waals surface area contributed by atoms with Crippen LogP contribution in [0.2, 0.25) is 0 Å². The number of hydrogen-bond donors (Lipinski definition) is 0. The van der Waals surface area contributed by atoms with Gasteiger partial charge in [0.1, 0.15) is 5.82 Å². The van der Waals surface area contributed by atoms with E-state index in [9.17, 15) is 13.2 Å². The molecule has 1 aliphatic rings. The van der Waals surface area contributed by atoms with E-state index in [2.05, 4.69) is 6.92 Å². The van der Waals surface area contributed by atoms with Crippen molar-refractivity contribution in [3.05, 3.63) is 58.9 Å². The van der Waals surface area contributed by atoms with Crippen molar-refractivity contribution in [2.24, 2.45) is 0 Å². The zero-order valence-electron chi connectivity index (χ0n) is 17.1. The number of benzene rings is 2. The van der Waals surface area contributed by atoms with Crippen LogP contribution < -0.4 is 0 Å². The van der Waals surface area contributed by atoms with E-state index in [1.807, 2.05) is 6.92 Å². The van der Waals surface area contributed by atoms with Crippen molar-refractivity contribution in [1.29, 1.82) is 0 Å². The third-order valence-electron chi connectivity index (χ3n) is 5.53. The van der Waals surface area contributed by atoms with Gasteiger partial charge in [0.15, 0.2) is 11.6 Å². The Bertz CT molecular complexity index is 814. The molecule has 2 aromatic carbocycles. The van der Waals surface area contributed by atoms with Gasteiger partial charge in [-0.15, -0.1) is 0 Å². The second-order valence-electron chi connectivity index (χ2n) is 7.60. The van der Waals surface area contributed by atoms with Crippen molar-refractivity contribution in [2.45, 2.75) is 64.6 Å². The van der Waals surface area contributed by atoms with Crippen molar-refractivity contribution in [2.75, 3.05) is 13.2 Å². The van der Waals surface area contributed by atoms with Crippen LogP contribution in [0.15, 0.2) is 30.3 Å². The summed E-state index contributed by atoms with van der Waals surface area (Å²) in [5.74, 6) is -2.55. The maximum absolute atomic E-state index is 14.8. The molecule has 0 radical (unpaired) electrons. The Morgan fingerprint density at radius 3 is 2.41 bits per heavy atom. The first-order valence-electron chi connectivity index (χ1n) is 10.5. The quantitative estimate of drug-likeness (QED) is 0.451. The normalized spacial score (nSPS) is 19.5. The average Bonchev–Trinajstić information content (AvgIpc) is 2.74. The lowest BCUT2D eigenvalue weighted by Gasteiger charge is -2.29. The smallest absolute Gasteiger partial charge is 0.167 e. The maximum Gasteiger partial charge on any atom is 0.167 e. The lowest BCUT2D eigenvalue weighted by atomic mass is 9.95. The molecule has 29 heavy (non-hydrogen) atoms. The van der Waals surface area contributed by atoms with E-state index in [0.29, 0.717) is 26.1 Å². The molecular weight excluding hydrogens is 377 g/mol. The van der Waals surface area contributed by atoms with Crippen LogP contribution in [0.3, 0.4) is 0 Å². The molecule has 0 N–H and O–H groups in total. The fraction of sp³-hybridized carbons (Fsp3) is 0.500. The minimum absolute atomic E-state index is 0.00136. The van der Waals surface area contributed by atoms with Gasteiger partial charge in [-0.3, -0.25) is 0 Å². The van der Waals surface area contributed by atoms with Crippen LogP contribution >= 0.6 is 0 Å². The van der Waals surface area contributed by atoms with E-state index < -0.39 is 23.6 Å². The molecule has 1 aliphatic heterocycles. The molecule has 1 fully saturated rings. The molecule has 2 atom stereocenters. The van der Waals surface area contributed by atoms with E-state index in [0.717, 1.165) is 31.2 Å². The van der Waals surface area contributed by atoms with Crippen LogP contribution in [0.1, 0.15) is 63.2 Å². The minimum atomic E-state index is -1.04. The summed E-state index contributed by atoms with van der Waals surface area (Å²) in [5, 5.41) is 0. The van der Waals surface area contributed by atoms with Gasteiger partial charge >= 0.3 is 0 Å². The van der Waals surface area contributed by atoms with Crippen molar-refractivity contribution < 1.29 is 22.6 Å². The molecule has 0 spiro atoms. The summed E-state index contributed by atoms with van der Waals surface area (Å²) in [7, 11) is 0. The molecule has 5 heteroatoms. The summed E-state index contributed by atoms with van der Waals surface area (Å²) in [5.41, 5.74) is 0.988. The molecule has 0 aliphatic carbocycles. The monoisotopic (exact) mass is 406 g/mol. The lowest BCUT2D eigenvalue weighted by molar-refractivity contribution is -0.0882. The lowest BCUT2D eigenvalue weighted by Crippen LogP contribution is -2.28. The first-order chi connectivity index (χ1) is 14.0. The summed E-state index contributed by atoms with van der Waals surface area (Å²) in [6, 6.07) is 7.55. The standard InChI is InChI=1S/C24H29F3O2/c1-3-5-6-13-28-17-8-12-22(29-15-17)20-11-10-19(23(26)24(20)27)18-9-7-16(4-2)14-21(18)25/h7,9-11,14,17,22H,3-6,8,12-13,15H2,1-2H3. The minimum Gasteiger partial charge on any atom is -0.376 e. The Labute approximate surface area is 171 Å². The molecule has 0 saturated carbocycles. The number of halogens is 3. The Morgan fingerprint density at radius 1 is 0.966 bits per heavy atom. The Kier molecular flexibility index (Phi) is 7.73. The second kappa shape index (κ2) is 10.3. The molecule has 2 unspecified atom stereocenters. The zero-order chi connectivity index (χ0) is 20.8. The van der Waals surface area contributed by atoms with Crippen molar-refractivity contribution in [1.82, 2.24) is 0 Å². The molecule has 1 saturated heterocycles. The van der Waals surface area contributed by atoms with E-state index in [-0.39, 0.29) is 22.8 Å². The number of aryl methyl sites for hydroxylation is 1. The van der Waals surface area contributed by atoms with E-state index in [1.165, 1.54) is 24.3 Å². The van der Waals surface area contributed by atoms with E-state index >= 15 is 0 Å². The summed E-state index contributed by atoms with van der Waals surface area (Å²) >= 11 is 0. The molecule has 0 aromatic heterocycles. The third-order valence-corrected chi connectivity index (χ3v) is 5.53. The number of ether oxygens (including phenoxy) is 2. The van der Waals surface area contributed by atoms with E-state index in [1.54, 1.807) is 6.07 Å². The van der Waals surface area contributed by atoms with Crippen LogP contribution in [-0.2, 0) is 15.9 Å². The number of unbranched alkanes of at least 4 members (excludes halogenated alkanes) is 2. The zero-order valence-corrected chi connectivity index (χ0v) is 17.1. The first kappa shape index (κ1) is 21.8. The van der Waals surface area contributed by atoms with Crippen LogP contribution in [0.5, 0.6) is 0 Å². The van der Waals surface area contributed by atoms with Crippen LogP contribution in [0, 0.1) is 17.5 Å². The van der Waals surface area contributed by atoms with Crippen molar-refractivity contribution in [3.8, 4) is 11.1 Å². The molecule has 1 heterocycles. The van der Waals surface area contributed by atoms with Crippen LogP contribution in [0.25, 0.3) is 11.1 Å². The van der Waals surface area contributed by atoms with Gasteiger partial charge in [-0.2, -0.15) is 0 Å². The average molecular weight is 406 g/mol. The van der Waals surface area contributed by atoms with Crippen LogP contribution in [-0.4, -0.2) is 19.3 Å². The van der Waals surface area contributed by atoms with Gasteiger partial charge in [-0.25, -0.2) is 13.2 Å². The van der Waals surface area contributed by atoms with Gasteiger partial charge in [0.25, 0.3) is 0 Å². The molecule has 0 bridgehead atoms. The van der Waals surface area contributed by atoms with Crippen LogP contribution in [0.4, 0.5) is 13.2 Å². The second-order valence-corrected chi connectivity index (χ2v) is 7.60. The highest BCUT2D eigenvalue weighted by Crippen LogP contribution is 2.35. The first-order valence-corrected chi connectivity index (χ1v) is 10.5. The predicted octanol–water partition coefficient (Wildman–Crippen LogP) is 6.76. The molecule has 158 valence electrons. The summed E-state index contributed by atoms with van der Waals surface area (Å²) in [6.07, 6.45) is 4.76. The largest absolute Gasteiger partial charge is 0.376 e. The number of rotatable bonds is 8. The fourth-order valence-corrected chi connectivity index (χ4v) is 3.72. The fourth-order valence-electron chi connectivity index (χ4n) is 3.72. The Hall–Kier alpha value is -1.85. The van der Waals surface area contributed by atoms with Gasteiger partial charge < -0.3 is 9.47 Å². The predicted molar refractivity (Wildman–Crippen MR) is 108 cm³/mol. The highest BCUT2D eigenvalue weighted by atomic mass is 19.2. The number of hydrogen-bond acceptors (Lipinski definition) is 2. The highest BCUT2D eigenvalue weighted by Gasteiger charge is 2.28. The summed E-state index contributed by atoms with van der Waals surface area (Å²) in [4.78, 5) is 0. The van der Waals surface area contributed by atoms with Gasteiger partial charge in [-0.1, -0.05) is 51.0 Å². The van der Waals surface area contributed by atoms with Gasteiger partial charge in [0.05, 0.1) is 18.8 Å². The van der Waals surface area contributed by atoms with E-state index in [4.69, 9.17) is 9.47 Å². The SMILES string of the molecule is CCCCCOC1CCC(c2ccc(-c3ccc(CC)cc3F)c(F)c2F)OC1. The highest BCUT2D eigenvalue weighted by molar-refractivity contribution is 5.66.